The number of para-hydroxylation sites is 2. The second-order valence-electron chi connectivity index (χ2n) is 15.7. The molecule has 10 aromatic rings. The van der Waals surface area contributed by atoms with Crippen LogP contribution in [-0.4, -0.2) is 4.57 Å². The van der Waals surface area contributed by atoms with Gasteiger partial charge in [-0.05, 0) is 104 Å². The molecule has 0 fully saturated rings. The van der Waals surface area contributed by atoms with E-state index in [0.717, 1.165) is 22.7 Å². The van der Waals surface area contributed by atoms with Crippen molar-refractivity contribution in [3.63, 3.8) is 0 Å². The highest BCUT2D eigenvalue weighted by Crippen LogP contribution is 2.55. The van der Waals surface area contributed by atoms with Crippen LogP contribution in [0.3, 0.4) is 0 Å². The summed E-state index contributed by atoms with van der Waals surface area (Å²) in [6.07, 6.45) is 0. The summed E-state index contributed by atoms with van der Waals surface area (Å²) in [5.74, 6) is 0. The highest BCUT2D eigenvalue weighted by Gasteiger charge is 2.37. The molecule has 1 aliphatic carbocycles. The fourth-order valence-corrected chi connectivity index (χ4v) is 9.51. The highest BCUT2D eigenvalue weighted by atomic mass is 15.1. The molecule has 0 atom stereocenters. The molecule has 11 rings (SSSR count). The molecule has 0 aliphatic heterocycles. The van der Waals surface area contributed by atoms with Crippen LogP contribution in [0, 0.1) is 0 Å². The van der Waals surface area contributed by atoms with Gasteiger partial charge in [0.2, 0.25) is 0 Å². The first kappa shape index (κ1) is 33.2. The van der Waals surface area contributed by atoms with Crippen molar-refractivity contribution in [2.45, 2.75) is 19.3 Å². The Morgan fingerprint density at radius 1 is 0.404 bits per heavy atom. The lowest BCUT2D eigenvalue weighted by Gasteiger charge is -2.28. The number of hydrogen-bond acceptors (Lipinski definition) is 1. The van der Waals surface area contributed by atoms with Gasteiger partial charge in [0.25, 0.3) is 0 Å². The Kier molecular flexibility index (Phi) is 7.55. The average molecular weight is 729 g/mol. The quantitative estimate of drug-likeness (QED) is 0.165. The summed E-state index contributed by atoms with van der Waals surface area (Å²) in [5, 5.41) is 5.04. The lowest BCUT2D eigenvalue weighted by atomic mass is 9.82. The molecule has 2 heteroatoms. The molecule has 1 aromatic heterocycles. The van der Waals surface area contributed by atoms with Gasteiger partial charge in [0.05, 0.1) is 16.7 Å². The molecular formula is C55H40N2. The van der Waals surface area contributed by atoms with Crippen LogP contribution in [0.4, 0.5) is 17.1 Å². The number of anilines is 3. The van der Waals surface area contributed by atoms with E-state index in [1.165, 1.54) is 77.1 Å². The van der Waals surface area contributed by atoms with Crippen LogP contribution in [0.1, 0.15) is 25.0 Å². The predicted molar refractivity (Wildman–Crippen MR) is 241 cm³/mol. The number of hydrogen-bond donors (Lipinski definition) is 0. The summed E-state index contributed by atoms with van der Waals surface area (Å²) in [5.41, 5.74) is 17.0. The van der Waals surface area contributed by atoms with Crippen LogP contribution in [-0.2, 0) is 5.41 Å². The number of benzene rings is 9. The maximum atomic E-state index is 2.49. The summed E-state index contributed by atoms with van der Waals surface area (Å²) < 4.78 is 2.49. The molecular weight excluding hydrogens is 689 g/mol. The Bertz CT molecular complexity index is 3070. The molecule has 0 saturated heterocycles. The molecule has 0 amide bonds. The van der Waals surface area contributed by atoms with Crippen molar-refractivity contribution >= 4 is 49.6 Å². The molecule has 2 nitrogen and oxygen atoms in total. The van der Waals surface area contributed by atoms with Crippen LogP contribution >= 0.6 is 0 Å². The van der Waals surface area contributed by atoms with E-state index < -0.39 is 0 Å². The monoisotopic (exact) mass is 728 g/mol. The van der Waals surface area contributed by atoms with Gasteiger partial charge in [-0.2, -0.15) is 0 Å². The van der Waals surface area contributed by atoms with E-state index in [2.05, 4.69) is 230 Å². The molecule has 270 valence electrons. The van der Waals surface area contributed by atoms with E-state index in [9.17, 15) is 0 Å². The van der Waals surface area contributed by atoms with Crippen molar-refractivity contribution in [3.05, 3.63) is 217 Å². The van der Waals surface area contributed by atoms with Crippen LogP contribution < -0.4 is 4.90 Å². The first-order valence-corrected chi connectivity index (χ1v) is 19.9. The van der Waals surface area contributed by atoms with Crippen LogP contribution in [0.5, 0.6) is 0 Å². The van der Waals surface area contributed by atoms with E-state index in [-0.39, 0.29) is 5.41 Å². The second kappa shape index (κ2) is 13.0. The Morgan fingerprint density at radius 3 is 1.63 bits per heavy atom. The van der Waals surface area contributed by atoms with Gasteiger partial charge in [-0.25, -0.2) is 0 Å². The standard InChI is InChI=1S/C55H40N2/c1-55(2)47-30-18-17-29-46(47)52-48(55)31-32-49-54(52)53-45-28-16-15-27-44(45)50(36-51(53)57(49)42-25-13-6-14-26-42)56(41-23-11-5-12-24-41)43-34-39(37-19-7-3-8-20-37)33-40(35-43)38-21-9-4-10-22-38/h3-36H,1-2H3. The third kappa shape index (κ3) is 5.18. The SMILES string of the molecule is CC1(C)c2ccccc2-c2c1ccc1c2c2c3ccccc3c(N(c3ccccc3)c3cc(-c4ccccc4)cc(-c4ccccc4)c3)cc2n1-c1ccccc1. The minimum Gasteiger partial charge on any atom is -0.310 e. The first-order valence-electron chi connectivity index (χ1n) is 19.9. The zero-order valence-electron chi connectivity index (χ0n) is 32.0. The molecule has 9 aromatic carbocycles. The van der Waals surface area contributed by atoms with Gasteiger partial charge in [-0.15, -0.1) is 0 Å². The van der Waals surface area contributed by atoms with Crippen molar-refractivity contribution < 1.29 is 0 Å². The number of fused-ring (bicyclic) bond motifs is 9. The van der Waals surface area contributed by atoms with Gasteiger partial charge in [-0.3, -0.25) is 0 Å². The Morgan fingerprint density at radius 2 is 0.965 bits per heavy atom. The molecule has 0 unspecified atom stereocenters. The predicted octanol–water partition coefficient (Wildman–Crippen LogP) is 15.0. The lowest BCUT2D eigenvalue weighted by molar-refractivity contribution is 0.661. The minimum absolute atomic E-state index is 0.110. The molecule has 1 aliphatic rings. The second-order valence-corrected chi connectivity index (χ2v) is 15.7. The van der Waals surface area contributed by atoms with E-state index in [1.807, 2.05) is 0 Å². The Labute approximate surface area is 333 Å². The summed E-state index contributed by atoms with van der Waals surface area (Å²) in [7, 11) is 0. The van der Waals surface area contributed by atoms with Gasteiger partial charge in [0, 0.05) is 38.6 Å². The van der Waals surface area contributed by atoms with Crippen molar-refractivity contribution in [1.29, 1.82) is 0 Å². The zero-order chi connectivity index (χ0) is 38.1. The normalized spacial score (nSPS) is 12.9. The Hall–Kier alpha value is -7.16. The molecule has 0 N–H and O–H groups in total. The minimum atomic E-state index is -0.110. The van der Waals surface area contributed by atoms with E-state index in [1.54, 1.807) is 0 Å². The number of nitrogens with zero attached hydrogens (tertiary/aromatic N) is 2. The van der Waals surface area contributed by atoms with Gasteiger partial charge in [-0.1, -0.05) is 166 Å². The fraction of sp³-hybridized carbons (Fsp3) is 0.0545. The van der Waals surface area contributed by atoms with Crippen LogP contribution in [0.15, 0.2) is 206 Å². The maximum Gasteiger partial charge on any atom is 0.0568 e. The zero-order valence-corrected chi connectivity index (χ0v) is 32.0. The molecule has 57 heavy (non-hydrogen) atoms. The summed E-state index contributed by atoms with van der Waals surface area (Å²) in [4.78, 5) is 2.47. The molecule has 0 saturated carbocycles. The largest absolute Gasteiger partial charge is 0.310 e. The summed E-state index contributed by atoms with van der Waals surface area (Å²) in [6, 6.07) is 75.5. The smallest absolute Gasteiger partial charge is 0.0568 e. The number of aromatic nitrogens is 1. The van der Waals surface area contributed by atoms with Crippen LogP contribution in [0.25, 0.3) is 71.6 Å². The van der Waals surface area contributed by atoms with Crippen LogP contribution in [0.2, 0.25) is 0 Å². The Balaban J connectivity index is 1.28. The topological polar surface area (TPSA) is 8.17 Å². The molecule has 1 heterocycles. The van der Waals surface area contributed by atoms with Crippen molar-refractivity contribution in [2.75, 3.05) is 4.90 Å². The van der Waals surface area contributed by atoms with Crippen molar-refractivity contribution in [1.82, 2.24) is 4.57 Å². The van der Waals surface area contributed by atoms with E-state index in [4.69, 9.17) is 0 Å². The van der Waals surface area contributed by atoms with Gasteiger partial charge >= 0.3 is 0 Å². The molecule has 0 bridgehead atoms. The molecule has 0 spiro atoms. The fourth-order valence-electron chi connectivity index (χ4n) is 9.51. The number of rotatable bonds is 6. The molecule has 0 radical (unpaired) electrons. The van der Waals surface area contributed by atoms with Crippen molar-refractivity contribution in [3.8, 4) is 39.1 Å². The van der Waals surface area contributed by atoms with Gasteiger partial charge < -0.3 is 9.47 Å². The van der Waals surface area contributed by atoms with Gasteiger partial charge in [0.15, 0.2) is 0 Å². The summed E-state index contributed by atoms with van der Waals surface area (Å²) in [6.45, 7) is 4.75. The maximum absolute atomic E-state index is 2.49. The highest BCUT2D eigenvalue weighted by molar-refractivity contribution is 6.28. The van der Waals surface area contributed by atoms with Gasteiger partial charge in [0.1, 0.15) is 0 Å². The lowest BCUT2D eigenvalue weighted by Crippen LogP contribution is -2.14. The van der Waals surface area contributed by atoms with E-state index >= 15 is 0 Å². The summed E-state index contributed by atoms with van der Waals surface area (Å²) >= 11 is 0. The van der Waals surface area contributed by atoms with E-state index in [0.29, 0.717) is 0 Å². The average Bonchev–Trinajstić information content (AvgIpc) is 3.73. The third-order valence-electron chi connectivity index (χ3n) is 12.1. The first-order chi connectivity index (χ1) is 28.1. The van der Waals surface area contributed by atoms with Crippen molar-refractivity contribution in [2.24, 2.45) is 0 Å². The third-order valence-corrected chi connectivity index (χ3v) is 12.1.